The van der Waals surface area contributed by atoms with Gasteiger partial charge in [-0.05, 0) is 46.9 Å². The summed E-state index contributed by atoms with van der Waals surface area (Å²) in [4.78, 5) is 16.5. The normalized spacial score (nSPS) is 16.2. The van der Waals surface area contributed by atoms with Gasteiger partial charge in [0.25, 0.3) is 0 Å². The van der Waals surface area contributed by atoms with Crippen LogP contribution in [0.2, 0.25) is 0 Å². The van der Waals surface area contributed by atoms with Crippen molar-refractivity contribution in [1.29, 1.82) is 0 Å². The number of ether oxygens (including phenoxy) is 1. The van der Waals surface area contributed by atoms with Gasteiger partial charge >= 0.3 is 5.97 Å². The summed E-state index contributed by atoms with van der Waals surface area (Å²) in [5.74, 6) is -0.0464. The second-order valence-electron chi connectivity index (χ2n) is 6.72. The maximum absolute atomic E-state index is 12.1. The Morgan fingerprint density at radius 1 is 1.08 bits per heavy atom. The molecule has 1 aliphatic heterocycles. The van der Waals surface area contributed by atoms with Crippen molar-refractivity contribution in [2.24, 2.45) is 4.99 Å². The van der Waals surface area contributed by atoms with Crippen LogP contribution in [0.1, 0.15) is 37.5 Å². The molecule has 0 aliphatic carbocycles. The summed E-state index contributed by atoms with van der Waals surface area (Å²) in [7, 11) is 0. The van der Waals surface area contributed by atoms with Crippen LogP contribution < -0.4 is 0 Å². The van der Waals surface area contributed by atoms with Crippen LogP contribution in [-0.4, -0.2) is 17.0 Å². The first-order chi connectivity index (χ1) is 11.3. The molecule has 4 nitrogen and oxygen atoms in total. The molecule has 24 heavy (non-hydrogen) atoms. The van der Waals surface area contributed by atoms with Crippen molar-refractivity contribution < 1.29 is 14.6 Å². The monoisotopic (exact) mass is 321 g/mol. The third-order valence-corrected chi connectivity index (χ3v) is 3.78. The Labute approximate surface area is 141 Å². The summed E-state index contributed by atoms with van der Waals surface area (Å²) < 4.78 is 5.27. The number of carbonyl (C=O) groups excluding carboxylic acids is 1. The third-order valence-electron chi connectivity index (χ3n) is 3.78. The van der Waals surface area contributed by atoms with Crippen molar-refractivity contribution in [3.05, 3.63) is 70.9 Å². The van der Waals surface area contributed by atoms with E-state index in [0.717, 1.165) is 16.7 Å². The highest BCUT2D eigenvalue weighted by atomic mass is 16.6. The predicted molar refractivity (Wildman–Crippen MR) is 93.9 cm³/mol. The van der Waals surface area contributed by atoms with E-state index in [1.807, 2.05) is 36.4 Å². The third kappa shape index (κ3) is 3.23. The smallest absolute Gasteiger partial charge is 0.363 e. The minimum absolute atomic E-state index is 0.130. The summed E-state index contributed by atoms with van der Waals surface area (Å²) in [6.07, 6.45) is 1.67. The van der Waals surface area contributed by atoms with E-state index in [0.29, 0.717) is 5.90 Å². The average Bonchev–Trinajstić information content (AvgIpc) is 2.88. The molecule has 0 bridgehead atoms. The highest BCUT2D eigenvalue weighted by molar-refractivity contribution is 6.12. The van der Waals surface area contributed by atoms with Crippen LogP contribution >= 0.6 is 0 Å². The number of carbonyl (C=O) groups is 1. The molecule has 0 aromatic heterocycles. The number of rotatable bonds is 2. The molecule has 2 aromatic carbocycles. The van der Waals surface area contributed by atoms with E-state index in [9.17, 15) is 9.90 Å². The molecule has 0 atom stereocenters. The van der Waals surface area contributed by atoms with Gasteiger partial charge in [-0.3, -0.25) is 0 Å². The van der Waals surface area contributed by atoms with Gasteiger partial charge in [-0.15, -0.1) is 0 Å². The summed E-state index contributed by atoms with van der Waals surface area (Å²) >= 11 is 0. The zero-order chi connectivity index (χ0) is 17.3. The van der Waals surface area contributed by atoms with Gasteiger partial charge in [-0.2, -0.15) is 0 Å². The van der Waals surface area contributed by atoms with Gasteiger partial charge < -0.3 is 9.84 Å². The number of phenols is 1. The molecule has 1 heterocycles. The Balaban J connectivity index is 2.05. The second-order valence-corrected chi connectivity index (χ2v) is 6.72. The second kappa shape index (κ2) is 5.96. The van der Waals surface area contributed by atoms with E-state index in [4.69, 9.17) is 4.74 Å². The van der Waals surface area contributed by atoms with Crippen LogP contribution in [0.25, 0.3) is 6.08 Å². The molecule has 3 rings (SSSR count). The topological polar surface area (TPSA) is 58.9 Å². The van der Waals surface area contributed by atoms with E-state index in [1.165, 1.54) is 0 Å². The SMILES string of the molecule is CC(C)(C)c1ccc(O)cc1C=C1N=C(c2ccccc2)OC1=O. The van der Waals surface area contributed by atoms with Crippen molar-refractivity contribution in [2.45, 2.75) is 26.2 Å². The number of esters is 1. The van der Waals surface area contributed by atoms with Gasteiger partial charge in [-0.25, -0.2) is 9.79 Å². The molecule has 0 saturated carbocycles. The fourth-order valence-electron chi connectivity index (χ4n) is 2.61. The van der Waals surface area contributed by atoms with E-state index in [1.54, 1.807) is 18.2 Å². The number of benzene rings is 2. The highest BCUT2D eigenvalue weighted by Gasteiger charge is 2.25. The molecule has 122 valence electrons. The molecule has 4 heteroatoms. The first-order valence-electron chi connectivity index (χ1n) is 7.76. The highest BCUT2D eigenvalue weighted by Crippen LogP contribution is 2.31. The lowest BCUT2D eigenvalue weighted by molar-refractivity contribution is -0.129. The lowest BCUT2D eigenvalue weighted by atomic mass is 9.83. The standard InChI is InChI=1S/C20H19NO3/c1-20(2,3)16-10-9-15(22)11-14(16)12-17-19(23)24-18(21-17)13-7-5-4-6-8-13/h4-12,22H,1-3H3. The van der Waals surface area contributed by atoms with Crippen LogP contribution in [0, 0.1) is 0 Å². The molecule has 0 fully saturated rings. The molecule has 0 spiro atoms. The summed E-state index contributed by atoms with van der Waals surface area (Å²) in [6, 6.07) is 14.4. The summed E-state index contributed by atoms with van der Waals surface area (Å²) in [6.45, 7) is 6.23. The lowest BCUT2D eigenvalue weighted by Gasteiger charge is -2.21. The number of aliphatic imine (C=N–C) groups is 1. The maximum atomic E-state index is 12.1. The van der Waals surface area contributed by atoms with Crippen molar-refractivity contribution >= 4 is 17.9 Å². The fraction of sp³-hybridized carbons (Fsp3) is 0.200. The first kappa shape index (κ1) is 16.0. The van der Waals surface area contributed by atoms with Crippen LogP contribution in [0.4, 0.5) is 0 Å². The average molecular weight is 321 g/mol. The Morgan fingerprint density at radius 2 is 1.79 bits per heavy atom. The van der Waals surface area contributed by atoms with Gasteiger partial charge in [0.15, 0.2) is 5.70 Å². The van der Waals surface area contributed by atoms with Crippen molar-refractivity contribution in [1.82, 2.24) is 0 Å². The quantitative estimate of drug-likeness (QED) is 0.671. The predicted octanol–water partition coefficient (Wildman–Crippen LogP) is 4.03. The van der Waals surface area contributed by atoms with Crippen LogP contribution in [0.3, 0.4) is 0 Å². The minimum atomic E-state index is -0.489. The van der Waals surface area contributed by atoms with Gasteiger partial charge in [0.2, 0.25) is 5.90 Å². The number of hydrogen-bond acceptors (Lipinski definition) is 4. The van der Waals surface area contributed by atoms with Crippen molar-refractivity contribution in [3.63, 3.8) is 0 Å². The molecular weight excluding hydrogens is 302 g/mol. The molecule has 0 amide bonds. The summed E-state index contributed by atoms with van der Waals surface area (Å²) in [5.41, 5.74) is 2.62. The zero-order valence-corrected chi connectivity index (χ0v) is 13.9. The van der Waals surface area contributed by atoms with Gasteiger partial charge in [0, 0.05) is 5.56 Å². The van der Waals surface area contributed by atoms with Gasteiger partial charge in [-0.1, -0.05) is 45.0 Å². The molecule has 2 aromatic rings. The molecular formula is C20H19NO3. The van der Waals surface area contributed by atoms with E-state index < -0.39 is 5.97 Å². The van der Waals surface area contributed by atoms with E-state index in [-0.39, 0.29) is 16.9 Å². The fourth-order valence-corrected chi connectivity index (χ4v) is 2.61. The van der Waals surface area contributed by atoms with Crippen molar-refractivity contribution in [3.8, 4) is 5.75 Å². The number of nitrogens with zero attached hydrogens (tertiary/aromatic N) is 1. The number of cyclic esters (lactones) is 1. The number of aromatic hydroxyl groups is 1. The summed E-state index contributed by atoms with van der Waals surface area (Å²) in [5, 5.41) is 9.79. The molecule has 0 radical (unpaired) electrons. The Morgan fingerprint density at radius 3 is 2.46 bits per heavy atom. The Hall–Kier alpha value is -2.88. The molecule has 1 N–H and O–H groups in total. The Kier molecular flexibility index (Phi) is 3.97. The molecule has 0 unspecified atom stereocenters. The zero-order valence-electron chi connectivity index (χ0n) is 13.9. The Bertz CT molecular complexity index is 843. The number of phenolic OH excluding ortho intramolecular Hbond substituents is 1. The minimum Gasteiger partial charge on any atom is -0.508 e. The molecule has 0 saturated heterocycles. The van der Waals surface area contributed by atoms with Gasteiger partial charge in [0.05, 0.1) is 0 Å². The lowest BCUT2D eigenvalue weighted by Crippen LogP contribution is -2.13. The van der Waals surface area contributed by atoms with Gasteiger partial charge in [0.1, 0.15) is 5.75 Å². The van der Waals surface area contributed by atoms with Crippen molar-refractivity contribution in [2.75, 3.05) is 0 Å². The van der Waals surface area contributed by atoms with Crippen LogP contribution in [0.5, 0.6) is 5.75 Å². The van der Waals surface area contributed by atoms with E-state index in [2.05, 4.69) is 25.8 Å². The van der Waals surface area contributed by atoms with Crippen LogP contribution in [0.15, 0.2) is 59.2 Å². The molecule has 1 aliphatic rings. The van der Waals surface area contributed by atoms with E-state index >= 15 is 0 Å². The maximum Gasteiger partial charge on any atom is 0.363 e. The first-order valence-corrected chi connectivity index (χ1v) is 7.76. The number of hydrogen-bond donors (Lipinski definition) is 1. The van der Waals surface area contributed by atoms with Crippen LogP contribution in [-0.2, 0) is 14.9 Å². The largest absolute Gasteiger partial charge is 0.508 e.